The van der Waals surface area contributed by atoms with Gasteiger partial charge >= 0.3 is 0 Å². The van der Waals surface area contributed by atoms with Gasteiger partial charge in [-0.05, 0) is 48.4 Å². The maximum absolute atomic E-state index is 13.2. The third-order valence-corrected chi connectivity index (χ3v) is 3.01. The number of hydrogen-bond acceptors (Lipinski definition) is 2. The Morgan fingerprint density at radius 2 is 1.90 bits per heavy atom. The fraction of sp³-hybridized carbons (Fsp3) is 0.250. The molecule has 20 heavy (non-hydrogen) atoms. The van der Waals surface area contributed by atoms with Crippen LogP contribution in [0.15, 0.2) is 42.5 Å². The van der Waals surface area contributed by atoms with Crippen molar-refractivity contribution < 1.29 is 9.13 Å². The molecule has 0 bridgehead atoms. The molecule has 0 aliphatic heterocycles. The summed E-state index contributed by atoms with van der Waals surface area (Å²) >= 11 is 5.82. The van der Waals surface area contributed by atoms with E-state index in [1.54, 1.807) is 6.07 Å². The normalized spacial score (nSPS) is 10.6. The molecule has 0 spiro atoms. The molecule has 2 aromatic rings. The molecule has 0 heterocycles. The van der Waals surface area contributed by atoms with E-state index in [-0.39, 0.29) is 5.82 Å². The van der Waals surface area contributed by atoms with Crippen LogP contribution in [0, 0.1) is 5.82 Å². The van der Waals surface area contributed by atoms with E-state index in [0.717, 1.165) is 16.9 Å². The Balaban J connectivity index is 1.90. The quantitative estimate of drug-likeness (QED) is 0.863. The lowest BCUT2D eigenvalue weighted by molar-refractivity contribution is 0.340. The van der Waals surface area contributed by atoms with Gasteiger partial charge in [0, 0.05) is 18.1 Å². The first-order valence-corrected chi connectivity index (χ1v) is 6.92. The number of hydrogen-bond donors (Lipinski definition) is 1. The summed E-state index contributed by atoms with van der Waals surface area (Å²) in [7, 11) is 0. The molecular weight excluding hydrogens is 277 g/mol. The molecule has 0 radical (unpaired) electrons. The minimum absolute atomic E-state index is 0.312. The molecule has 0 aliphatic rings. The third kappa shape index (κ3) is 4.51. The van der Waals surface area contributed by atoms with Crippen LogP contribution in [0.2, 0.25) is 5.02 Å². The molecule has 0 saturated heterocycles. The molecule has 0 aliphatic carbocycles. The molecule has 0 saturated carbocycles. The van der Waals surface area contributed by atoms with E-state index in [1.165, 1.54) is 12.1 Å². The summed E-state index contributed by atoms with van der Waals surface area (Å²) < 4.78 is 18.6. The zero-order chi connectivity index (χ0) is 14.4. The Hall–Kier alpha value is -1.58. The predicted octanol–water partition coefficient (Wildman–Crippen LogP) is 4.17. The van der Waals surface area contributed by atoms with Gasteiger partial charge in [-0.15, -0.1) is 0 Å². The van der Waals surface area contributed by atoms with Crippen molar-refractivity contribution >= 4 is 11.6 Å². The van der Waals surface area contributed by atoms with Crippen LogP contribution >= 0.6 is 11.6 Å². The Kier molecular flexibility index (Phi) is 5.39. The molecule has 0 amide bonds. The summed E-state index contributed by atoms with van der Waals surface area (Å²) in [5.41, 5.74) is 1.95. The van der Waals surface area contributed by atoms with Crippen molar-refractivity contribution in [1.29, 1.82) is 0 Å². The lowest BCUT2D eigenvalue weighted by Crippen LogP contribution is -2.12. The Morgan fingerprint density at radius 1 is 1.10 bits per heavy atom. The molecule has 0 atom stereocenters. The van der Waals surface area contributed by atoms with Crippen LogP contribution in [0.1, 0.15) is 18.1 Å². The molecule has 2 rings (SSSR count). The van der Waals surface area contributed by atoms with Gasteiger partial charge in [0.25, 0.3) is 0 Å². The first kappa shape index (κ1) is 14.8. The molecule has 1 N–H and O–H groups in total. The molecule has 2 aromatic carbocycles. The van der Waals surface area contributed by atoms with Gasteiger partial charge in [0.1, 0.15) is 11.6 Å². The summed E-state index contributed by atoms with van der Waals surface area (Å²) in [6.07, 6.45) is 0. The summed E-state index contributed by atoms with van der Waals surface area (Å²) in [4.78, 5) is 0. The minimum Gasteiger partial charge on any atom is -0.494 e. The van der Waals surface area contributed by atoms with Gasteiger partial charge in [-0.3, -0.25) is 0 Å². The first-order chi connectivity index (χ1) is 9.67. The monoisotopic (exact) mass is 293 g/mol. The molecule has 0 fully saturated rings. The smallest absolute Gasteiger partial charge is 0.125 e. The minimum atomic E-state index is -0.312. The van der Waals surface area contributed by atoms with Gasteiger partial charge in [0.05, 0.1) is 6.61 Å². The van der Waals surface area contributed by atoms with Crippen molar-refractivity contribution in [2.75, 3.05) is 6.61 Å². The third-order valence-electron chi connectivity index (χ3n) is 2.79. The zero-order valence-electron chi connectivity index (χ0n) is 11.3. The van der Waals surface area contributed by atoms with Crippen molar-refractivity contribution in [3.8, 4) is 5.75 Å². The summed E-state index contributed by atoms with van der Waals surface area (Å²) in [6.45, 7) is 3.86. The van der Waals surface area contributed by atoms with Gasteiger partial charge in [-0.1, -0.05) is 23.7 Å². The molecule has 0 unspecified atom stereocenters. The van der Waals surface area contributed by atoms with E-state index in [1.807, 2.05) is 31.2 Å². The Morgan fingerprint density at radius 3 is 2.65 bits per heavy atom. The molecule has 4 heteroatoms. The van der Waals surface area contributed by atoms with E-state index < -0.39 is 0 Å². The van der Waals surface area contributed by atoms with Crippen LogP contribution in [0.25, 0.3) is 0 Å². The van der Waals surface area contributed by atoms with Crippen LogP contribution in [0.3, 0.4) is 0 Å². The van der Waals surface area contributed by atoms with E-state index >= 15 is 0 Å². The molecular formula is C16H17ClFNO. The second-order valence-corrected chi connectivity index (χ2v) is 4.90. The highest BCUT2D eigenvalue weighted by molar-refractivity contribution is 6.30. The van der Waals surface area contributed by atoms with Crippen molar-refractivity contribution in [2.24, 2.45) is 0 Å². The highest BCUT2D eigenvalue weighted by Gasteiger charge is 2.00. The average molecular weight is 294 g/mol. The SMILES string of the molecule is CCOc1cccc(CNCc2cc(F)cc(Cl)c2)c1. The van der Waals surface area contributed by atoms with Crippen LogP contribution < -0.4 is 10.1 Å². The lowest BCUT2D eigenvalue weighted by Gasteiger charge is -2.08. The topological polar surface area (TPSA) is 21.3 Å². The van der Waals surface area contributed by atoms with Crippen molar-refractivity contribution in [1.82, 2.24) is 5.32 Å². The van der Waals surface area contributed by atoms with E-state index in [4.69, 9.17) is 16.3 Å². The lowest BCUT2D eigenvalue weighted by atomic mass is 10.2. The van der Waals surface area contributed by atoms with Gasteiger partial charge < -0.3 is 10.1 Å². The van der Waals surface area contributed by atoms with Gasteiger partial charge in [0.2, 0.25) is 0 Å². The van der Waals surface area contributed by atoms with E-state index in [2.05, 4.69) is 5.32 Å². The number of rotatable bonds is 6. The number of benzene rings is 2. The molecule has 0 aromatic heterocycles. The van der Waals surface area contributed by atoms with Crippen molar-refractivity contribution in [3.05, 3.63) is 64.4 Å². The van der Waals surface area contributed by atoms with Crippen molar-refractivity contribution in [3.63, 3.8) is 0 Å². The van der Waals surface area contributed by atoms with Crippen LogP contribution in [0.4, 0.5) is 4.39 Å². The van der Waals surface area contributed by atoms with E-state index in [0.29, 0.717) is 24.7 Å². The highest BCUT2D eigenvalue weighted by atomic mass is 35.5. The first-order valence-electron chi connectivity index (χ1n) is 6.55. The second-order valence-electron chi connectivity index (χ2n) is 4.46. The largest absolute Gasteiger partial charge is 0.494 e. The van der Waals surface area contributed by atoms with Gasteiger partial charge in [0.15, 0.2) is 0 Å². The molecule has 106 valence electrons. The van der Waals surface area contributed by atoms with Crippen LogP contribution in [-0.2, 0) is 13.1 Å². The van der Waals surface area contributed by atoms with E-state index in [9.17, 15) is 4.39 Å². The maximum atomic E-state index is 13.2. The Labute approximate surface area is 123 Å². The number of nitrogens with one attached hydrogen (secondary N) is 1. The van der Waals surface area contributed by atoms with Crippen LogP contribution in [0.5, 0.6) is 5.75 Å². The van der Waals surface area contributed by atoms with Crippen LogP contribution in [-0.4, -0.2) is 6.61 Å². The highest BCUT2D eigenvalue weighted by Crippen LogP contribution is 2.15. The zero-order valence-corrected chi connectivity index (χ0v) is 12.1. The van der Waals surface area contributed by atoms with Gasteiger partial charge in [-0.25, -0.2) is 4.39 Å². The summed E-state index contributed by atoms with van der Waals surface area (Å²) in [6, 6.07) is 12.4. The van der Waals surface area contributed by atoms with Gasteiger partial charge in [-0.2, -0.15) is 0 Å². The summed E-state index contributed by atoms with van der Waals surface area (Å²) in [5, 5.41) is 3.68. The summed E-state index contributed by atoms with van der Waals surface area (Å²) in [5.74, 6) is 0.549. The fourth-order valence-electron chi connectivity index (χ4n) is 1.98. The molecule has 2 nitrogen and oxygen atoms in total. The maximum Gasteiger partial charge on any atom is 0.125 e. The number of ether oxygens (including phenoxy) is 1. The fourth-order valence-corrected chi connectivity index (χ4v) is 2.22. The van der Waals surface area contributed by atoms with Crippen molar-refractivity contribution in [2.45, 2.75) is 20.0 Å². The second kappa shape index (κ2) is 7.27. The predicted molar refractivity (Wildman–Crippen MR) is 79.6 cm³/mol. The average Bonchev–Trinajstić information content (AvgIpc) is 2.38. The standard InChI is InChI=1S/C16H17ClFNO/c1-2-20-16-5-3-4-12(8-16)10-19-11-13-6-14(17)9-15(18)7-13/h3-9,19H,2,10-11H2,1H3. The Bertz CT molecular complexity index is 554. The number of halogens is 2.